The Bertz CT molecular complexity index is 2400. The van der Waals surface area contributed by atoms with Gasteiger partial charge in [-0.15, -0.1) is 0 Å². The van der Waals surface area contributed by atoms with E-state index in [-0.39, 0.29) is 0 Å². The number of rotatable bonds is 2. The van der Waals surface area contributed by atoms with Crippen LogP contribution in [0.2, 0.25) is 0 Å². The van der Waals surface area contributed by atoms with E-state index in [1.165, 1.54) is 80.8 Å². The third-order valence-electron chi connectivity index (χ3n) is 8.66. The standard InChI is InChI=1S/C36H22O2/c1-37-21-15-20-16-22(38-2)18-30-32(20)29(17-21)25-11-6-13-27-34(25)36(30)28-14-5-10-24-23-9-3-7-19-8-4-12-26(31(19)23)35(27)33(24)28/h3-18H,1-2H3. The number of ether oxygens (including phenoxy) is 2. The number of fused-ring (bicyclic) bond motifs is 6. The van der Waals surface area contributed by atoms with Gasteiger partial charge in [-0.05, 0) is 110 Å². The van der Waals surface area contributed by atoms with Crippen LogP contribution in [0.15, 0.2) is 97.1 Å². The quantitative estimate of drug-likeness (QED) is 0.179. The molecule has 9 rings (SSSR count). The largest absolute Gasteiger partial charge is 0.497 e. The van der Waals surface area contributed by atoms with Crippen molar-refractivity contribution in [2.24, 2.45) is 0 Å². The van der Waals surface area contributed by atoms with Gasteiger partial charge in [0.15, 0.2) is 0 Å². The second-order valence-corrected chi connectivity index (χ2v) is 10.4. The first-order chi connectivity index (χ1) is 18.8. The maximum absolute atomic E-state index is 5.82. The Morgan fingerprint density at radius 1 is 0.342 bits per heavy atom. The summed E-state index contributed by atoms with van der Waals surface area (Å²) in [6.07, 6.45) is 0. The van der Waals surface area contributed by atoms with E-state index >= 15 is 0 Å². The smallest absolute Gasteiger partial charge is 0.120 e. The van der Waals surface area contributed by atoms with E-state index in [2.05, 4.69) is 97.1 Å². The van der Waals surface area contributed by atoms with Gasteiger partial charge in [0.2, 0.25) is 0 Å². The molecule has 178 valence electrons. The molecule has 0 spiro atoms. The van der Waals surface area contributed by atoms with Crippen LogP contribution in [-0.4, -0.2) is 14.2 Å². The third kappa shape index (κ3) is 2.30. The van der Waals surface area contributed by atoms with Crippen LogP contribution in [0.1, 0.15) is 0 Å². The molecule has 2 nitrogen and oxygen atoms in total. The summed E-state index contributed by atoms with van der Waals surface area (Å²) in [6, 6.07) is 35.7. The molecule has 0 aliphatic heterocycles. The molecule has 0 aliphatic carbocycles. The summed E-state index contributed by atoms with van der Waals surface area (Å²) in [5, 5.41) is 20.5. The molecule has 9 aromatic carbocycles. The van der Waals surface area contributed by atoms with Crippen LogP contribution in [-0.2, 0) is 0 Å². The fourth-order valence-electron chi connectivity index (χ4n) is 7.22. The molecule has 0 unspecified atom stereocenters. The van der Waals surface area contributed by atoms with Crippen molar-refractivity contribution in [2.75, 3.05) is 14.2 Å². The molecule has 0 fully saturated rings. The van der Waals surface area contributed by atoms with Gasteiger partial charge in [-0.3, -0.25) is 0 Å². The van der Waals surface area contributed by atoms with E-state index in [1.54, 1.807) is 14.2 Å². The predicted molar refractivity (Wildman–Crippen MR) is 162 cm³/mol. The van der Waals surface area contributed by atoms with Gasteiger partial charge in [-0.1, -0.05) is 72.8 Å². The zero-order valence-electron chi connectivity index (χ0n) is 21.1. The Morgan fingerprint density at radius 2 is 0.737 bits per heavy atom. The lowest BCUT2D eigenvalue weighted by atomic mass is 9.82. The maximum atomic E-state index is 5.82. The van der Waals surface area contributed by atoms with Crippen LogP contribution in [0.4, 0.5) is 0 Å². The molecule has 0 atom stereocenters. The second kappa shape index (κ2) is 6.93. The molecule has 0 N–H and O–H groups in total. The minimum atomic E-state index is 0.856. The monoisotopic (exact) mass is 486 g/mol. The molecule has 2 heteroatoms. The van der Waals surface area contributed by atoms with Crippen molar-refractivity contribution in [3.8, 4) is 11.5 Å². The highest BCUT2D eigenvalue weighted by Gasteiger charge is 2.22. The number of benzene rings is 9. The normalized spacial score (nSPS) is 12.5. The summed E-state index contributed by atoms with van der Waals surface area (Å²) in [5.41, 5.74) is 0. The average molecular weight is 487 g/mol. The first-order valence-electron chi connectivity index (χ1n) is 13.0. The van der Waals surface area contributed by atoms with Gasteiger partial charge < -0.3 is 9.47 Å². The van der Waals surface area contributed by atoms with E-state index in [0.717, 1.165) is 16.9 Å². The van der Waals surface area contributed by atoms with Crippen LogP contribution in [0.3, 0.4) is 0 Å². The Hall–Kier alpha value is -4.82. The highest BCUT2D eigenvalue weighted by molar-refractivity contribution is 6.47. The lowest BCUT2D eigenvalue weighted by Gasteiger charge is -2.21. The van der Waals surface area contributed by atoms with Gasteiger partial charge in [0.05, 0.1) is 14.2 Å². The van der Waals surface area contributed by atoms with Crippen molar-refractivity contribution >= 4 is 86.2 Å². The summed E-state index contributed by atoms with van der Waals surface area (Å²) in [6.45, 7) is 0. The van der Waals surface area contributed by atoms with Crippen LogP contribution < -0.4 is 9.47 Å². The molecule has 9 aromatic rings. The lowest BCUT2D eigenvalue weighted by molar-refractivity contribution is 0.414. The summed E-state index contributed by atoms with van der Waals surface area (Å²) in [7, 11) is 3.49. The molecule has 0 aromatic heterocycles. The second-order valence-electron chi connectivity index (χ2n) is 10.4. The Balaban J connectivity index is 1.72. The first-order valence-corrected chi connectivity index (χ1v) is 13.0. The molecule has 0 heterocycles. The molecule has 0 amide bonds. The van der Waals surface area contributed by atoms with Crippen LogP contribution in [0, 0.1) is 0 Å². The Labute approximate surface area is 218 Å². The molecular formula is C36H22O2. The predicted octanol–water partition coefficient (Wildman–Crippen LogP) is 9.80. The van der Waals surface area contributed by atoms with Crippen molar-refractivity contribution in [2.45, 2.75) is 0 Å². The summed E-state index contributed by atoms with van der Waals surface area (Å²) < 4.78 is 11.6. The van der Waals surface area contributed by atoms with Crippen molar-refractivity contribution in [1.82, 2.24) is 0 Å². The zero-order valence-corrected chi connectivity index (χ0v) is 21.1. The fourth-order valence-corrected chi connectivity index (χ4v) is 7.22. The van der Waals surface area contributed by atoms with E-state index in [1.807, 2.05) is 0 Å². The zero-order chi connectivity index (χ0) is 25.1. The van der Waals surface area contributed by atoms with Gasteiger partial charge in [-0.2, -0.15) is 0 Å². The van der Waals surface area contributed by atoms with E-state index < -0.39 is 0 Å². The number of hydrogen-bond donors (Lipinski definition) is 0. The minimum absolute atomic E-state index is 0.856. The van der Waals surface area contributed by atoms with Gasteiger partial charge in [0.1, 0.15) is 11.5 Å². The lowest BCUT2D eigenvalue weighted by Crippen LogP contribution is -1.94. The summed E-state index contributed by atoms with van der Waals surface area (Å²) in [4.78, 5) is 0. The Morgan fingerprint density at radius 3 is 1.34 bits per heavy atom. The third-order valence-corrected chi connectivity index (χ3v) is 8.66. The molecule has 0 saturated carbocycles. The summed E-state index contributed by atoms with van der Waals surface area (Å²) in [5.74, 6) is 1.71. The van der Waals surface area contributed by atoms with Gasteiger partial charge >= 0.3 is 0 Å². The molecule has 0 saturated heterocycles. The molecule has 0 radical (unpaired) electrons. The van der Waals surface area contributed by atoms with Crippen molar-refractivity contribution in [3.63, 3.8) is 0 Å². The first kappa shape index (κ1) is 20.3. The van der Waals surface area contributed by atoms with Crippen LogP contribution in [0.5, 0.6) is 11.5 Å². The maximum Gasteiger partial charge on any atom is 0.120 e. The Kier molecular flexibility index (Phi) is 3.70. The van der Waals surface area contributed by atoms with Gasteiger partial charge in [0, 0.05) is 0 Å². The summed E-state index contributed by atoms with van der Waals surface area (Å²) >= 11 is 0. The number of methoxy groups -OCH3 is 2. The fraction of sp³-hybridized carbons (Fsp3) is 0.0556. The van der Waals surface area contributed by atoms with Gasteiger partial charge in [0.25, 0.3) is 0 Å². The van der Waals surface area contributed by atoms with E-state index in [4.69, 9.17) is 9.47 Å². The van der Waals surface area contributed by atoms with Crippen molar-refractivity contribution in [1.29, 1.82) is 0 Å². The molecule has 38 heavy (non-hydrogen) atoms. The van der Waals surface area contributed by atoms with E-state index in [0.29, 0.717) is 0 Å². The highest BCUT2D eigenvalue weighted by Crippen LogP contribution is 2.51. The number of hydrogen-bond acceptors (Lipinski definition) is 2. The van der Waals surface area contributed by atoms with Crippen molar-refractivity contribution < 1.29 is 9.47 Å². The van der Waals surface area contributed by atoms with Crippen LogP contribution in [0.25, 0.3) is 86.2 Å². The highest BCUT2D eigenvalue weighted by atomic mass is 16.5. The van der Waals surface area contributed by atoms with Crippen LogP contribution >= 0.6 is 0 Å². The molecule has 0 bridgehead atoms. The molecule has 0 aliphatic rings. The van der Waals surface area contributed by atoms with E-state index in [9.17, 15) is 0 Å². The van der Waals surface area contributed by atoms with Crippen molar-refractivity contribution in [3.05, 3.63) is 97.1 Å². The topological polar surface area (TPSA) is 18.5 Å². The minimum Gasteiger partial charge on any atom is -0.497 e. The molecular weight excluding hydrogens is 464 g/mol. The SMILES string of the molecule is COc1cc2cc(OC)cc3c2c(c1)c1cccc2c1c3c1cccc3c4cccc5cccc(c54)c2c31. The van der Waals surface area contributed by atoms with Gasteiger partial charge in [-0.25, -0.2) is 0 Å². The average Bonchev–Trinajstić information content (AvgIpc) is 2.97.